The van der Waals surface area contributed by atoms with Crippen LogP contribution in [0.15, 0.2) is 67.0 Å². The second-order valence-electron chi connectivity index (χ2n) is 6.32. The molecule has 0 spiro atoms. The lowest BCUT2D eigenvalue weighted by atomic mass is 10.0. The first kappa shape index (κ1) is 18.8. The third-order valence-corrected chi connectivity index (χ3v) is 4.42. The largest absolute Gasteiger partial charge is 0.331 e. The molecular weight excluding hydrogens is 360 g/mol. The van der Waals surface area contributed by atoms with Crippen molar-refractivity contribution in [2.75, 3.05) is 0 Å². The normalized spacial score (nSPS) is 11.0. The molecule has 2 aromatic carbocycles. The van der Waals surface area contributed by atoms with E-state index in [1.54, 1.807) is 42.2 Å². The van der Waals surface area contributed by atoms with Crippen LogP contribution in [0.2, 0.25) is 5.02 Å². The van der Waals surface area contributed by atoms with Gasteiger partial charge in [0.1, 0.15) is 5.78 Å². The predicted molar refractivity (Wildman–Crippen MR) is 107 cm³/mol. The molecule has 0 N–H and O–H groups in total. The first-order chi connectivity index (χ1) is 13.0. The summed E-state index contributed by atoms with van der Waals surface area (Å²) in [6, 6.07) is 14.9. The van der Waals surface area contributed by atoms with Gasteiger partial charge < -0.3 is 4.57 Å². The number of hydrogen-bond donors (Lipinski definition) is 0. The van der Waals surface area contributed by atoms with Gasteiger partial charge in [-0.2, -0.15) is 0 Å². The molecular formula is C22H19ClN2O2. The fourth-order valence-electron chi connectivity index (χ4n) is 2.72. The standard InChI is InChI=1S/C22H19ClN2O2/c1-25-13-12-24-22(25)21(27)11-8-16-2-4-17(5-3-16)14-20(26)15-18-6-9-19(23)10-7-18/h2-13H,14-15H2,1H3/b11-8+. The van der Waals surface area contributed by atoms with Crippen molar-refractivity contribution >= 4 is 29.2 Å². The van der Waals surface area contributed by atoms with Crippen LogP contribution in [0.5, 0.6) is 0 Å². The van der Waals surface area contributed by atoms with Crippen molar-refractivity contribution in [1.82, 2.24) is 9.55 Å². The SMILES string of the molecule is Cn1ccnc1C(=O)/C=C/c1ccc(CC(=O)Cc2ccc(Cl)cc2)cc1. The van der Waals surface area contributed by atoms with Crippen LogP contribution in [0, 0.1) is 0 Å². The fourth-order valence-corrected chi connectivity index (χ4v) is 2.84. The molecule has 1 heterocycles. The Morgan fingerprint density at radius 3 is 2.15 bits per heavy atom. The molecule has 0 aliphatic rings. The van der Waals surface area contributed by atoms with E-state index in [-0.39, 0.29) is 11.6 Å². The van der Waals surface area contributed by atoms with Crippen molar-refractivity contribution in [3.05, 3.63) is 94.5 Å². The molecule has 3 rings (SSSR count). The highest BCUT2D eigenvalue weighted by Gasteiger charge is 2.07. The molecule has 0 unspecified atom stereocenters. The Balaban J connectivity index is 1.57. The number of nitrogens with zero attached hydrogens (tertiary/aromatic N) is 2. The number of carbonyl (C=O) groups is 2. The van der Waals surface area contributed by atoms with Gasteiger partial charge in [-0.15, -0.1) is 0 Å². The van der Waals surface area contributed by atoms with Crippen molar-refractivity contribution in [3.8, 4) is 0 Å². The lowest BCUT2D eigenvalue weighted by molar-refractivity contribution is -0.117. The van der Waals surface area contributed by atoms with E-state index in [9.17, 15) is 9.59 Å². The Hall–Kier alpha value is -2.98. The average Bonchev–Trinajstić information content (AvgIpc) is 3.09. The summed E-state index contributed by atoms with van der Waals surface area (Å²) in [5.74, 6) is 0.394. The fraction of sp³-hybridized carbons (Fsp3) is 0.136. The topological polar surface area (TPSA) is 52.0 Å². The second-order valence-corrected chi connectivity index (χ2v) is 6.76. The van der Waals surface area contributed by atoms with E-state index >= 15 is 0 Å². The highest BCUT2D eigenvalue weighted by molar-refractivity contribution is 6.30. The number of carbonyl (C=O) groups excluding carboxylic acids is 2. The highest BCUT2D eigenvalue weighted by Crippen LogP contribution is 2.12. The molecule has 0 saturated carbocycles. The molecule has 1 aromatic heterocycles. The van der Waals surface area contributed by atoms with Gasteiger partial charge in [0.05, 0.1) is 0 Å². The molecule has 3 aromatic rings. The molecule has 27 heavy (non-hydrogen) atoms. The first-order valence-electron chi connectivity index (χ1n) is 8.56. The van der Waals surface area contributed by atoms with Crippen LogP contribution in [0.25, 0.3) is 6.08 Å². The zero-order valence-electron chi connectivity index (χ0n) is 14.9. The average molecular weight is 379 g/mol. The predicted octanol–water partition coefficient (Wildman–Crippen LogP) is 4.32. The van der Waals surface area contributed by atoms with Crippen LogP contribution in [0.3, 0.4) is 0 Å². The Labute approximate surface area is 163 Å². The number of aromatic nitrogens is 2. The van der Waals surface area contributed by atoms with E-state index in [2.05, 4.69) is 4.98 Å². The van der Waals surface area contributed by atoms with E-state index in [0.717, 1.165) is 16.7 Å². The molecule has 0 aliphatic heterocycles. The summed E-state index contributed by atoms with van der Waals surface area (Å²) in [5, 5.41) is 0.663. The van der Waals surface area contributed by atoms with Gasteiger partial charge in [-0.1, -0.05) is 54.1 Å². The summed E-state index contributed by atoms with van der Waals surface area (Å²) in [6.45, 7) is 0. The van der Waals surface area contributed by atoms with Crippen LogP contribution < -0.4 is 0 Å². The van der Waals surface area contributed by atoms with Gasteiger partial charge in [-0.05, 0) is 34.9 Å². The summed E-state index contributed by atoms with van der Waals surface area (Å²) >= 11 is 5.86. The summed E-state index contributed by atoms with van der Waals surface area (Å²) in [5.41, 5.74) is 2.80. The van der Waals surface area contributed by atoms with Crippen molar-refractivity contribution in [3.63, 3.8) is 0 Å². The highest BCUT2D eigenvalue weighted by atomic mass is 35.5. The van der Waals surface area contributed by atoms with Crippen molar-refractivity contribution in [2.24, 2.45) is 7.05 Å². The summed E-state index contributed by atoms with van der Waals surface area (Å²) in [4.78, 5) is 28.3. The number of ketones is 2. The molecule has 0 amide bonds. The smallest absolute Gasteiger partial charge is 0.221 e. The van der Waals surface area contributed by atoms with E-state index in [1.165, 1.54) is 6.08 Å². The first-order valence-corrected chi connectivity index (χ1v) is 8.94. The third-order valence-electron chi connectivity index (χ3n) is 4.16. The van der Waals surface area contributed by atoms with E-state index in [0.29, 0.717) is 23.7 Å². The number of imidazole rings is 1. The molecule has 5 heteroatoms. The molecule has 0 radical (unpaired) electrons. The minimum Gasteiger partial charge on any atom is -0.331 e. The van der Waals surface area contributed by atoms with Crippen molar-refractivity contribution in [1.29, 1.82) is 0 Å². The van der Waals surface area contributed by atoms with Gasteiger partial charge in [0.25, 0.3) is 0 Å². The molecule has 4 nitrogen and oxygen atoms in total. The van der Waals surface area contributed by atoms with Crippen LogP contribution in [-0.4, -0.2) is 21.1 Å². The van der Waals surface area contributed by atoms with E-state index in [1.807, 2.05) is 36.4 Å². The molecule has 0 saturated heterocycles. The number of halogens is 1. The monoisotopic (exact) mass is 378 g/mol. The summed E-state index contributed by atoms with van der Waals surface area (Å²) in [6.07, 6.45) is 7.34. The maximum absolute atomic E-state index is 12.2. The Morgan fingerprint density at radius 2 is 1.59 bits per heavy atom. The number of aryl methyl sites for hydroxylation is 1. The van der Waals surface area contributed by atoms with Gasteiger partial charge in [0.15, 0.2) is 5.82 Å². The van der Waals surface area contributed by atoms with Gasteiger partial charge in [0.2, 0.25) is 5.78 Å². The number of Topliss-reactive ketones (excluding diaryl/α,β-unsaturated/α-hetero) is 1. The third kappa shape index (κ3) is 5.25. The van der Waals surface area contributed by atoms with Crippen LogP contribution >= 0.6 is 11.6 Å². The maximum atomic E-state index is 12.2. The lowest BCUT2D eigenvalue weighted by Crippen LogP contribution is -2.06. The minimum absolute atomic E-state index is 0.144. The zero-order chi connectivity index (χ0) is 19.2. The van der Waals surface area contributed by atoms with E-state index < -0.39 is 0 Å². The van der Waals surface area contributed by atoms with Crippen molar-refractivity contribution < 1.29 is 9.59 Å². The minimum atomic E-state index is -0.148. The van der Waals surface area contributed by atoms with E-state index in [4.69, 9.17) is 11.6 Å². The number of hydrogen-bond acceptors (Lipinski definition) is 3. The molecule has 0 aliphatic carbocycles. The van der Waals surface area contributed by atoms with Gasteiger partial charge in [-0.25, -0.2) is 4.98 Å². The van der Waals surface area contributed by atoms with Gasteiger partial charge in [0, 0.05) is 37.3 Å². The Morgan fingerprint density at radius 1 is 1.00 bits per heavy atom. The van der Waals surface area contributed by atoms with Gasteiger partial charge in [-0.3, -0.25) is 9.59 Å². The Kier molecular flexibility index (Phi) is 5.99. The second kappa shape index (κ2) is 8.60. The van der Waals surface area contributed by atoms with Crippen molar-refractivity contribution in [2.45, 2.75) is 12.8 Å². The van der Waals surface area contributed by atoms with Crippen LogP contribution in [0.4, 0.5) is 0 Å². The maximum Gasteiger partial charge on any atom is 0.221 e. The Bertz CT molecular complexity index is 970. The summed E-state index contributed by atoms with van der Waals surface area (Å²) < 4.78 is 1.68. The summed E-state index contributed by atoms with van der Waals surface area (Å²) in [7, 11) is 1.78. The number of rotatable bonds is 7. The number of benzene rings is 2. The van der Waals surface area contributed by atoms with Crippen LogP contribution in [0.1, 0.15) is 27.3 Å². The molecule has 0 atom stereocenters. The molecule has 0 bridgehead atoms. The molecule has 136 valence electrons. The zero-order valence-corrected chi connectivity index (χ0v) is 15.7. The lowest BCUT2D eigenvalue weighted by Gasteiger charge is -2.03. The number of allylic oxidation sites excluding steroid dienone is 1. The van der Waals surface area contributed by atoms with Crippen LogP contribution in [-0.2, 0) is 24.7 Å². The quantitative estimate of drug-likeness (QED) is 0.454. The molecule has 0 fully saturated rings. The van der Waals surface area contributed by atoms with Gasteiger partial charge >= 0.3 is 0 Å².